The molecule has 118 valence electrons. The van der Waals surface area contributed by atoms with Crippen LogP contribution in [0.1, 0.15) is 24.8 Å². The summed E-state index contributed by atoms with van der Waals surface area (Å²) in [6.07, 6.45) is 0.144. The van der Waals surface area contributed by atoms with Crippen LogP contribution in [0.5, 0.6) is 0 Å². The number of amides is 1. The van der Waals surface area contributed by atoms with Gasteiger partial charge in [0.2, 0.25) is 5.91 Å². The minimum atomic E-state index is -0.602. The topological polar surface area (TPSA) is 65.0 Å². The number of nitrogens with zero attached hydrogens (tertiary/aromatic N) is 1. The lowest BCUT2D eigenvalue weighted by Crippen LogP contribution is -2.36. The highest BCUT2D eigenvalue weighted by Gasteiger charge is 2.38. The molecule has 1 aromatic carbocycles. The summed E-state index contributed by atoms with van der Waals surface area (Å²) in [4.78, 5) is 28.1. The summed E-state index contributed by atoms with van der Waals surface area (Å²) in [7, 11) is 1.53. The average Bonchev–Trinajstić information content (AvgIpc) is 2.47. The Labute approximate surface area is 134 Å². The Morgan fingerprint density at radius 2 is 2.09 bits per heavy atom. The number of carbonyl (C=O) groups excluding carboxylic acids is 2. The molecule has 2 atom stereocenters. The summed E-state index contributed by atoms with van der Waals surface area (Å²) in [6.45, 7) is 2.16. The number of methoxy groups -OCH3 is 1. The molecule has 0 saturated carbocycles. The molecule has 0 spiro atoms. The molecule has 2 rings (SSSR count). The molecule has 0 N–H and O–H groups in total. The lowest BCUT2D eigenvalue weighted by molar-refractivity contribution is -0.148. The second-order valence-corrected chi connectivity index (χ2v) is 5.52. The van der Waals surface area contributed by atoms with Gasteiger partial charge in [-0.3, -0.25) is 9.59 Å². The molecule has 2 unspecified atom stereocenters. The van der Waals surface area contributed by atoms with Crippen molar-refractivity contribution in [2.45, 2.75) is 19.3 Å². The number of carbonyl (C=O) groups is 2. The van der Waals surface area contributed by atoms with E-state index in [0.717, 1.165) is 5.56 Å². The predicted molar refractivity (Wildman–Crippen MR) is 83.3 cm³/mol. The van der Waals surface area contributed by atoms with Gasteiger partial charge in [-0.25, -0.2) is 4.99 Å². The van der Waals surface area contributed by atoms with E-state index in [1.807, 2.05) is 18.2 Å². The Morgan fingerprint density at radius 1 is 1.36 bits per heavy atom. The minimum Gasteiger partial charge on any atom is -0.463 e. The molecule has 1 aliphatic heterocycles. The maximum absolute atomic E-state index is 12.4. The van der Waals surface area contributed by atoms with E-state index in [4.69, 9.17) is 21.1 Å². The van der Waals surface area contributed by atoms with Gasteiger partial charge in [-0.2, -0.15) is 0 Å². The van der Waals surface area contributed by atoms with E-state index in [-0.39, 0.29) is 24.9 Å². The van der Waals surface area contributed by atoms with Crippen molar-refractivity contribution in [2.75, 3.05) is 20.3 Å². The molecular weight excluding hydrogens is 306 g/mol. The zero-order chi connectivity index (χ0) is 16.1. The molecule has 5 nitrogen and oxygen atoms in total. The van der Waals surface area contributed by atoms with Gasteiger partial charge in [-0.15, -0.1) is 0 Å². The lowest BCUT2D eigenvalue weighted by atomic mass is 9.79. The Bertz CT molecular complexity index is 600. The van der Waals surface area contributed by atoms with E-state index >= 15 is 0 Å². The van der Waals surface area contributed by atoms with E-state index in [9.17, 15) is 9.59 Å². The third-order valence-electron chi connectivity index (χ3n) is 3.64. The Balaban J connectivity index is 2.29. The molecule has 0 saturated heterocycles. The number of ether oxygens (including phenoxy) is 2. The first-order valence-corrected chi connectivity index (χ1v) is 7.40. The number of hydrogen-bond donors (Lipinski definition) is 0. The fraction of sp³-hybridized carbons (Fsp3) is 0.438. The standard InChI is InChI=1S/C16H18ClNO4/c1-10-15(16(20)22-8-7-21-2)12(9-14(19)18-10)11-5-3-4-6-13(11)17/h3-6,12,15H,7-9H2,1-2H3. The predicted octanol–water partition coefficient (Wildman–Crippen LogP) is 2.62. The quantitative estimate of drug-likeness (QED) is 0.617. The van der Waals surface area contributed by atoms with Crippen molar-refractivity contribution >= 4 is 29.2 Å². The number of esters is 1. The highest BCUT2D eigenvalue weighted by molar-refractivity contribution is 6.31. The molecule has 1 aromatic rings. The van der Waals surface area contributed by atoms with Crippen LogP contribution in [0, 0.1) is 5.92 Å². The summed E-state index contributed by atoms with van der Waals surface area (Å²) in [5.41, 5.74) is 1.23. The lowest BCUT2D eigenvalue weighted by Gasteiger charge is -2.29. The van der Waals surface area contributed by atoms with E-state index in [2.05, 4.69) is 4.99 Å². The van der Waals surface area contributed by atoms with Gasteiger partial charge in [0.05, 0.1) is 6.61 Å². The molecule has 0 bridgehead atoms. The highest BCUT2D eigenvalue weighted by atomic mass is 35.5. The smallest absolute Gasteiger partial charge is 0.315 e. The van der Waals surface area contributed by atoms with Crippen molar-refractivity contribution in [1.82, 2.24) is 0 Å². The Hall–Kier alpha value is -1.72. The summed E-state index contributed by atoms with van der Waals surface area (Å²) in [5.74, 6) is -1.61. The molecule has 1 amide bonds. The van der Waals surface area contributed by atoms with E-state index in [0.29, 0.717) is 17.3 Å². The van der Waals surface area contributed by atoms with Crippen molar-refractivity contribution in [1.29, 1.82) is 0 Å². The third kappa shape index (κ3) is 3.72. The van der Waals surface area contributed by atoms with Gasteiger partial charge in [-0.05, 0) is 18.6 Å². The highest BCUT2D eigenvalue weighted by Crippen LogP contribution is 2.37. The summed E-state index contributed by atoms with van der Waals surface area (Å²) in [6, 6.07) is 7.22. The SMILES string of the molecule is COCCOC(=O)C1C(C)=NC(=O)CC1c1ccccc1Cl. The summed E-state index contributed by atoms with van der Waals surface area (Å²) in [5, 5.41) is 0.532. The van der Waals surface area contributed by atoms with E-state index in [1.165, 1.54) is 7.11 Å². The first-order chi connectivity index (χ1) is 10.5. The maximum atomic E-state index is 12.4. The van der Waals surface area contributed by atoms with Gasteiger partial charge < -0.3 is 9.47 Å². The van der Waals surface area contributed by atoms with Crippen LogP contribution in [-0.2, 0) is 19.1 Å². The average molecular weight is 324 g/mol. The molecule has 0 radical (unpaired) electrons. The zero-order valence-electron chi connectivity index (χ0n) is 12.5. The molecule has 0 aliphatic carbocycles. The monoisotopic (exact) mass is 323 g/mol. The van der Waals surface area contributed by atoms with Crippen LogP contribution in [-0.4, -0.2) is 37.9 Å². The van der Waals surface area contributed by atoms with Crippen molar-refractivity contribution in [2.24, 2.45) is 10.9 Å². The first kappa shape index (κ1) is 16.6. The fourth-order valence-corrected chi connectivity index (χ4v) is 2.90. The van der Waals surface area contributed by atoms with Crippen LogP contribution in [0.4, 0.5) is 0 Å². The van der Waals surface area contributed by atoms with Crippen molar-refractivity contribution in [3.63, 3.8) is 0 Å². The molecule has 1 heterocycles. The van der Waals surface area contributed by atoms with E-state index in [1.54, 1.807) is 13.0 Å². The second-order valence-electron chi connectivity index (χ2n) is 5.12. The largest absolute Gasteiger partial charge is 0.463 e. The molecule has 1 aliphatic rings. The van der Waals surface area contributed by atoms with Crippen LogP contribution < -0.4 is 0 Å². The van der Waals surface area contributed by atoms with Crippen LogP contribution in [0.25, 0.3) is 0 Å². The van der Waals surface area contributed by atoms with Gasteiger partial charge in [-0.1, -0.05) is 29.8 Å². The summed E-state index contributed by atoms with van der Waals surface area (Å²) < 4.78 is 10.1. The normalized spacial score (nSPS) is 21.4. The fourth-order valence-electron chi connectivity index (χ4n) is 2.62. The van der Waals surface area contributed by atoms with Crippen molar-refractivity contribution in [3.8, 4) is 0 Å². The second kappa shape index (κ2) is 7.51. The van der Waals surface area contributed by atoms with Crippen LogP contribution in [0.15, 0.2) is 29.3 Å². The maximum Gasteiger partial charge on any atom is 0.315 e. The number of aliphatic imine (C=N–C) groups is 1. The van der Waals surface area contributed by atoms with Crippen molar-refractivity contribution in [3.05, 3.63) is 34.9 Å². The van der Waals surface area contributed by atoms with Crippen molar-refractivity contribution < 1.29 is 19.1 Å². The van der Waals surface area contributed by atoms with Gasteiger partial charge in [0.1, 0.15) is 12.5 Å². The Morgan fingerprint density at radius 3 is 2.77 bits per heavy atom. The Kier molecular flexibility index (Phi) is 5.69. The van der Waals surface area contributed by atoms with Crippen LogP contribution >= 0.6 is 11.6 Å². The molecule has 22 heavy (non-hydrogen) atoms. The van der Waals surface area contributed by atoms with Crippen LogP contribution in [0.3, 0.4) is 0 Å². The molecule has 0 aromatic heterocycles. The van der Waals surface area contributed by atoms with Gasteiger partial charge in [0.15, 0.2) is 0 Å². The first-order valence-electron chi connectivity index (χ1n) is 7.02. The number of hydrogen-bond acceptors (Lipinski definition) is 4. The van der Waals surface area contributed by atoms with Gasteiger partial charge in [0, 0.05) is 30.2 Å². The zero-order valence-corrected chi connectivity index (χ0v) is 13.3. The molecule has 6 heteroatoms. The van der Waals surface area contributed by atoms with Gasteiger partial charge in [0.25, 0.3) is 0 Å². The minimum absolute atomic E-state index is 0.144. The molecular formula is C16H18ClNO4. The molecule has 0 fully saturated rings. The van der Waals surface area contributed by atoms with Gasteiger partial charge >= 0.3 is 5.97 Å². The number of rotatable bonds is 5. The van der Waals surface area contributed by atoms with Crippen LogP contribution in [0.2, 0.25) is 5.02 Å². The number of benzene rings is 1. The summed E-state index contributed by atoms with van der Waals surface area (Å²) >= 11 is 6.23. The van der Waals surface area contributed by atoms with E-state index < -0.39 is 11.9 Å². The third-order valence-corrected chi connectivity index (χ3v) is 3.98. The number of halogens is 1.